The summed E-state index contributed by atoms with van der Waals surface area (Å²) in [7, 11) is 0. The molecule has 1 aromatic heterocycles. The summed E-state index contributed by atoms with van der Waals surface area (Å²) in [4.78, 5) is 0. The first-order valence-electron chi connectivity index (χ1n) is 5.42. The molecule has 0 spiro atoms. The zero-order valence-electron chi connectivity index (χ0n) is 10.1. The van der Waals surface area contributed by atoms with Crippen LogP contribution in [0.4, 0.5) is 0 Å². The molecule has 0 amide bonds. The Labute approximate surface area is 111 Å². The number of hydrogen-bond donors (Lipinski definition) is 0. The number of alkyl halides is 1. The third-order valence-corrected chi connectivity index (χ3v) is 3.66. The standard InChI is InChI=1S/C13H14Cl2N2/c1-8-9(2)16-17(10(8)3)13-5-4-11(7-14)6-12(13)15/h4-6H,7H2,1-3H3. The second kappa shape index (κ2) is 4.71. The molecule has 0 unspecified atom stereocenters. The molecule has 0 atom stereocenters. The van der Waals surface area contributed by atoms with Crippen LogP contribution in [0.2, 0.25) is 5.02 Å². The molecule has 17 heavy (non-hydrogen) atoms. The number of halogens is 2. The number of aryl methyl sites for hydroxylation is 1. The van der Waals surface area contributed by atoms with Gasteiger partial charge in [0.05, 0.1) is 16.4 Å². The van der Waals surface area contributed by atoms with Gasteiger partial charge in [0.2, 0.25) is 0 Å². The fraction of sp³-hybridized carbons (Fsp3) is 0.308. The van der Waals surface area contributed by atoms with E-state index in [-0.39, 0.29) is 0 Å². The van der Waals surface area contributed by atoms with E-state index >= 15 is 0 Å². The van der Waals surface area contributed by atoms with Gasteiger partial charge in [0.1, 0.15) is 0 Å². The van der Waals surface area contributed by atoms with E-state index in [4.69, 9.17) is 23.2 Å². The van der Waals surface area contributed by atoms with Gasteiger partial charge in [-0.2, -0.15) is 5.10 Å². The molecule has 0 N–H and O–H groups in total. The molecule has 0 fully saturated rings. The summed E-state index contributed by atoms with van der Waals surface area (Å²) < 4.78 is 1.88. The summed E-state index contributed by atoms with van der Waals surface area (Å²) in [6, 6.07) is 5.81. The van der Waals surface area contributed by atoms with Gasteiger partial charge in [0.15, 0.2) is 0 Å². The Bertz CT molecular complexity index is 559. The molecule has 0 radical (unpaired) electrons. The van der Waals surface area contributed by atoms with Crippen molar-refractivity contribution < 1.29 is 0 Å². The zero-order chi connectivity index (χ0) is 12.6. The van der Waals surface area contributed by atoms with E-state index < -0.39 is 0 Å². The van der Waals surface area contributed by atoms with Crippen molar-refractivity contribution in [1.82, 2.24) is 9.78 Å². The number of hydrogen-bond acceptors (Lipinski definition) is 1. The topological polar surface area (TPSA) is 17.8 Å². The minimum absolute atomic E-state index is 0.468. The van der Waals surface area contributed by atoms with Crippen molar-refractivity contribution in [2.24, 2.45) is 0 Å². The molecule has 0 aliphatic carbocycles. The van der Waals surface area contributed by atoms with Crippen molar-refractivity contribution in [2.75, 3.05) is 0 Å². The van der Waals surface area contributed by atoms with E-state index in [0.717, 1.165) is 22.6 Å². The largest absolute Gasteiger partial charge is 0.236 e. The number of aromatic nitrogens is 2. The molecule has 2 nitrogen and oxygen atoms in total. The Morgan fingerprint density at radius 3 is 2.41 bits per heavy atom. The summed E-state index contributed by atoms with van der Waals surface area (Å²) in [5.74, 6) is 0.468. The van der Waals surface area contributed by atoms with E-state index in [0.29, 0.717) is 10.9 Å². The summed E-state index contributed by atoms with van der Waals surface area (Å²) in [6.07, 6.45) is 0. The van der Waals surface area contributed by atoms with Crippen LogP contribution in [-0.4, -0.2) is 9.78 Å². The quantitative estimate of drug-likeness (QED) is 0.747. The van der Waals surface area contributed by atoms with Crippen LogP contribution in [0, 0.1) is 20.8 Å². The minimum Gasteiger partial charge on any atom is -0.236 e. The Balaban J connectivity index is 2.57. The fourth-order valence-corrected chi connectivity index (χ4v) is 2.21. The van der Waals surface area contributed by atoms with Crippen molar-refractivity contribution in [2.45, 2.75) is 26.7 Å². The summed E-state index contributed by atoms with van der Waals surface area (Å²) in [5, 5.41) is 5.17. The highest BCUT2D eigenvalue weighted by Crippen LogP contribution is 2.25. The first-order valence-corrected chi connectivity index (χ1v) is 6.33. The van der Waals surface area contributed by atoms with E-state index in [1.807, 2.05) is 36.7 Å². The highest BCUT2D eigenvalue weighted by atomic mass is 35.5. The Morgan fingerprint density at radius 1 is 1.24 bits per heavy atom. The van der Waals surface area contributed by atoms with Gasteiger partial charge < -0.3 is 0 Å². The zero-order valence-corrected chi connectivity index (χ0v) is 11.6. The maximum atomic E-state index is 6.26. The second-order valence-corrected chi connectivity index (χ2v) is 4.80. The maximum Gasteiger partial charge on any atom is 0.0835 e. The van der Waals surface area contributed by atoms with Gasteiger partial charge in [0.25, 0.3) is 0 Å². The van der Waals surface area contributed by atoms with Gasteiger partial charge in [-0.25, -0.2) is 4.68 Å². The van der Waals surface area contributed by atoms with Gasteiger partial charge in [-0.3, -0.25) is 0 Å². The van der Waals surface area contributed by atoms with Gasteiger partial charge in [-0.05, 0) is 44.0 Å². The molecule has 1 aromatic carbocycles. The van der Waals surface area contributed by atoms with Crippen molar-refractivity contribution >= 4 is 23.2 Å². The van der Waals surface area contributed by atoms with E-state index in [2.05, 4.69) is 12.0 Å². The first-order chi connectivity index (χ1) is 8.04. The SMILES string of the molecule is Cc1nn(-c2ccc(CCl)cc2Cl)c(C)c1C. The number of rotatable bonds is 2. The van der Waals surface area contributed by atoms with Gasteiger partial charge in [-0.15, -0.1) is 11.6 Å². The molecule has 0 bridgehead atoms. The van der Waals surface area contributed by atoms with Crippen LogP contribution in [0.15, 0.2) is 18.2 Å². The molecular formula is C13H14Cl2N2. The second-order valence-electron chi connectivity index (χ2n) is 4.13. The predicted octanol–water partition coefficient (Wildman–Crippen LogP) is 4.19. The smallest absolute Gasteiger partial charge is 0.0835 e. The molecule has 2 rings (SSSR count). The van der Waals surface area contributed by atoms with Crippen molar-refractivity contribution in [3.8, 4) is 5.69 Å². The number of nitrogens with zero attached hydrogens (tertiary/aromatic N) is 2. The highest BCUT2D eigenvalue weighted by molar-refractivity contribution is 6.32. The average molecular weight is 269 g/mol. The lowest BCUT2D eigenvalue weighted by Gasteiger charge is -2.08. The lowest BCUT2D eigenvalue weighted by atomic mass is 10.2. The molecular weight excluding hydrogens is 255 g/mol. The van der Waals surface area contributed by atoms with Gasteiger partial charge in [0, 0.05) is 11.6 Å². The predicted molar refractivity (Wildman–Crippen MR) is 72.3 cm³/mol. The Morgan fingerprint density at radius 2 is 1.94 bits per heavy atom. The van der Waals surface area contributed by atoms with Crippen LogP contribution in [0.3, 0.4) is 0 Å². The molecule has 0 saturated heterocycles. The Hall–Kier alpha value is -0.990. The molecule has 2 aromatic rings. The lowest BCUT2D eigenvalue weighted by molar-refractivity contribution is 0.833. The molecule has 4 heteroatoms. The van der Waals surface area contributed by atoms with Gasteiger partial charge in [-0.1, -0.05) is 17.7 Å². The number of benzene rings is 1. The van der Waals surface area contributed by atoms with Crippen molar-refractivity contribution in [1.29, 1.82) is 0 Å². The third kappa shape index (κ3) is 2.20. The summed E-state index contributed by atoms with van der Waals surface area (Å²) in [5.41, 5.74) is 5.25. The fourth-order valence-electron chi connectivity index (χ4n) is 1.76. The first kappa shape index (κ1) is 12.5. The molecule has 0 saturated carbocycles. The molecule has 90 valence electrons. The van der Waals surface area contributed by atoms with Crippen LogP contribution in [0.5, 0.6) is 0 Å². The van der Waals surface area contributed by atoms with Gasteiger partial charge >= 0.3 is 0 Å². The third-order valence-electron chi connectivity index (χ3n) is 3.05. The maximum absolute atomic E-state index is 6.26. The van der Waals surface area contributed by atoms with Crippen LogP contribution in [0.25, 0.3) is 5.69 Å². The summed E-state index contributed by atoms with van der Waals surface area (Å²) in [6.45, 7) is 6.11. The monoisotopic (exact) mass is 268 g/mol. The Kier molecular flexibility index (Phi) is 3.45. The molecule has 0 aliphatic heterocycles. The van der Waals surface area contributed by atoms with E-state index in [1.54, 1.807) is 0 Å². The average Bonchev–Trinajstić information content (AvgIpc) is 2.57. The van der Waals surface area contributed by atoms with Crippen molar-refractivity contribution in [3.05, 3.63) is 45.7 Å². The minimum atomic E-state index is 0.468. The van der Waals surface area contributed by atoms with Crippen LogP contribution in [0.1, 0.15) is 22.5 Å². The lowest BCUT2D eigenvalue weighted by Crippen LogP contribution is -2.00. The summed E-state index contributed by atoms with van der Waals surface area (Å²) >= 11 is 12.0. The van der Waals surface area contributed by atoms with Crippen LogP contribution in [-0.2, 0) is 5.88 Å². The molecule has 0 aliphatic rings. The van der Waals surface area contributed by atoms with Crippen LogP contribution < -0.4 is 0 Å². The highest BCUT2D eigenvalue weighted by Gasteiger charge is 2.11. The van der Waals surface area contributed by atoms with E-state index in [1.165, 1.54) is 5.56 Å². The van der Waals surface area contributed by atoms with Crippen LogP contribution >= 0.6 is 23.2 Å². The van der Waals surface area contributed by atoms with Crippen molar-refractivity contribution in [3.63, 3.8) is 0 Å². The normalized spacial score (nSPS) is 10.9. The molecule has 1 heterocycles. The van der Waals surface area contributed by atoms with E-state index in [9.17, 15) is 0 Å².